The average molecular weight is 278 g/mol. The Labute approximate surface area is 121 Å². The quantitative estimate of drug-likeness (QED) is 0.844. The highest BCUT2D eigenvalue weighted by molar-refractivity contribution is 5.39. The molecule has 1 aromatic rings. The van der Waals surface area contributed by atoms with Crippen molar-refractivity contribution in [2.24, 2.45) is 5.73 Å². The van der Waals surface area contributed by atoms with E-state index < -0.39 is 0 Å². The number of rotatable bonds is 6. The summed E-state index contributed by atoms with van der Waals surface area (Å²) in [6.07, 6.45) is 2.98. The maximum absolute atomic E-state index is 5.60. The largest absolute Gasteiger partial charge is 0.385 e. The zero-order chi connectivity index (χ0) is 14.4. The van der Waals surface area contributed by atoms with Gasteiger partial charge in [-0.2, -0.15) is 0 Å². The molecule has 2 heterocycles. The van der Waals surface area contributed by atoms with Crippen molar-refractivity contribution in [2.75, 3.05) is 44.8 Å². The van der Waals surface area contributed by atoms with Crippen molar-refractivity contribution in [1.82, 2.24) is 9.88 Å². The van der Waals surface area contributed by atoms with E-state index in [9.17, 15) is 0 Å². The first-order chi connectivity index (χ1) is 9.74. The second kappa shape index (κ2) is 7.57. The first-order valence-electron chi connectivity index (χ1n) is 7.37. The fourth-order valence-corrected chi connectivity index (χ4v) is 2.59. The molecule has 0 aliphatic carbocycles. The van der Waals surface area contributed by atoms with Gasteiger partial charge in [0, 0.05) is 58.7 Å². The Morgan fingerprint density at radius 1 is 1.30 bits per heavy atom. The van der Waals surface area contributed by atoms with Crippen molar-refractivity contribution in [3.63, 3.8) is 0 Å². The van der Waals surface area contributed by atoms with Crippen LogP contribution in [0.25, 0.3) is 0 Å². The van der Waals surface area contributed by atoms with Gasteiger partial charge in [-0.15, -0.1) is 0 Å². The van der Waals surface area contributed by atoms with Gasteiger partial charge >= 0.3 is 0 Å². The van der Waals surface area contributed by atoms with Crippen LogP contribution in [-0.4, -0.2) is 55.8 Å². The monoisotopic (exact) mass is 278 g/mol. The van der Waals surface area contributed by atoms with Crippen molar-refractivity contribution in [1.29, 1.82) is 0 Å². The van der Waals surface area contributed by atoms with Crippen molar-refractivity contribution in [3.05, 3.63) is 23.9 Å². The molecule has 0 bridgehead atoms. The van der Waals surface area contributed by atoms with Crippen LogP contribution in [0.4, 0.5) is 5.82 Å². The number of nitrogens with zero attached hydrogens (tertiary/aromatic N) is 3. The summed E-state index contributed by atoms with van der Waals surface area (Å²) in [5, 5.41) is 0. The van der Waals surface area contributed by atoms with Crippen LogP contribution in [0, 0.1) is 0 Å². The van der Waals surface area contributed by atoms with Gasteiger partial charge in [-0.25, -0.2) is 4.98 Å². The number of ether oxygens (including phenoxy) is 1. The van der Waals surface area contributed by atoms with E-state index in [4.69, 9.17) is 10.5 Å². The lowest BCUT2D eigenvalue weighted by molar-refractivity contribution is 0.133. The lowest BCUT2D eigenvalue weighted by atomic mass is 10.2. The first kappa shape index (κ1) is 15.2. The molecule has 5 heteroatoms. The average Bonchev–Trinajstić information content (AvgIpc) is 2.53. The minimum atomic E-state index is 0.554. The molecule has 20 heavy (non-hydrogen) atoms. The first-order valence-corrected chi connectivity index (χ1v) is 7.37. The fourth-order valence-electron chi connectivity index (χ4n) is 2.59. The lowest BCUT2D eigenvalue weighted by Crippen LogP contribution is -2.50. The molecule has 1 saturated heterocycles. The van der Waals surface area contributed by atoms with Gasteiger partial charge in [0.25, 0.3) is 0 Å². The predicted octanol–water partition coefficient (Wildman–Crippen LogP) is 1.09. The van der Waals surface area contributed by atoms with Crippen LogP contribution in [-0.2, 0) is 11.3 Å². The Kier molecular flexibility index (Phi) is 5.76. The highest BCUT2D eigenvalue weighted by Crippen LogP contribution is 2.16. The van der Waals surface area contributed by atoms with E-state index in [0.29, 0.717) is 12.6 Å². The number of hydrogen-bond acceptors (Lipinski definition) is 5. The number of hydrogen-bond donors (Lipinski definition) is 1. The second-order valence-corrected chi connectivity index (χ2v) is 5.38. The molecule has 2 N–H and O–H groups in total. The van der Waals surface area contributed by atoms with Crippen LogP contribution >= 0.6 is 0 Å². The van der Waals surface area contributed by atoms with E-state index in [1.807, 2.05) is 6.20 Å². The molecule has 1 aliphatic rings. The van der Waals surface area contributed by atoms with Gasteiger partial charge in [0.1, 0.15) is 5.82 Å². The van der Waals surface area contributed by atoms with Gasteiger partial charge in [-0.3, -0.25) is 4.90 Å². The zero-order valence-corrected chi connectivity index (χ0v) is 12.6. The number of nitrogens with two attached hydrogens (primary N) is 1. The molecule has 0 radical (unpaired) electrons. The summed E-state index contributed by atoms with van der Waals surface area (Å²) in [5.41, 5.74) is 6.68. The van der Waals surface area contributed by atoms with Gasteiger partial charge < -0.3 is 15.4 Å². The summed E-state index contributed by atoms with van der Waals surface area (Å²) in [6, 6.07) is 4.73. The van der Waals surface area contributed by atoms with Crippen molar-refractivity contribution in [3.8, 4) is 0 Å². The van der Waals surface area contributed by atoms with Crippen LogP contribution in [0.3, 0.4) is 0 Å². The van der Waals surface area contributed by atoms with E-state index >= 15 is 0 Å². The highest BCUT2D eigenvalue weighted by Gasteiger charge is 2.21. The molecule has 0 aromatic carbocycles. The predicted molar refractivity (Wildman–Crippen MR) is 81.9 cm³/mol. The molecule has 1 fully saturated rings. The molecule has 2 rings (SSSR count). The van der Waals surface area contributed by atoms with Crippen LogP contribution < -0.4 is 10.6 Å². The maximum atomic E-state index is 5.60. The summed E-state index contributed by atoms with van der Waals surface area (Å²) in [6.45, 7) is 7.92. The molecular weight excluding hydrogens is 252 g/mol. The molecule has 1 atom stereocenters. The number of methoxy groups -OCH3 is 1. The Morgan fingerprint density at radius 3 is 2.60 bits per heavy atom. The molecule has 5 nitrogen and oxygen atoms in total. The summed E-state index contributed by atoms with van der Waals surface area (Å²) < 4.78 is 5.16. The Morgan fingerprint density at radius 2 is 2.05 bits per heavy atom. The Bertz CT molecular complexity index is 387. The van der Waals surface area contributed by atoms with Crippen LogP contribution in [0.5, 0.6) is 0 Å². The van der Waals surface area contributed by atoms with Gasteiger partial charge in [0.05, 0.1) is 0 Å². The van der Waals surface area contributed by atoms with Crippen LogP contribution in [0.1, 0.15) is 18.9 Å². The molecule has 1 unspecified atom stereocenters. The summed E-state index contributed by atoms with van der Waals surface area (Å²) in [7, 11) is 1.77. The van der Waals surface area contributed by atoms with Gasteiger partial charge in [-0.1, -0.05) is 6.07 Å². The van der Waals surface area contributed by atoms with Crippen LogP contribution in [0.15, 0.2) is 18.3 Å². The summed E-state index contributed by atoms with van der Waals surface area (Å²) >= 11 is 0. The standard InChI is InChI=1S/C15H26N4O/c1-13(5-10-20-2)18-6-8-19(9-7-18)15-4-3-14(11-16)12-17-15/h3-4,12-13H,5-11,16H2,1-2H3. The normalized spacial score (nSPS) is 18.2. The number of piperazine rings is 1. The van der Waals surface area contributed by atoms with Gasteiger partial charge in [-0.05, 0) is 25.0 Å². The number of pyridine rings is 1. The molecule has 112 valence electrons. The second-order valence-electron chi connectivity index (χ2n) is 5.38. The molecule has 1 aliphatic heterocycles. The van der Waals surface area contributed by atoms with E-state index in [1.54, 1.807) is 7.11 Å². The fraction of sp³-hybridized carbons (Fsp3) is 0.667. The van der Waals surface area contributed by atoms with E-state index in [-0.39, 0.29) is 0 Å². The molecule has 0 amide bonds. The molecule has 1 aromatic heterocycles. The molecular formula is C15H26N4O. The lowest BCUT2D eigenvalue weighted by Gasteiger charge is -2.38. The van der Waals surface area contributed by atoms with Crippen molar-refractivity contribution in [2.45, 2.75) is 25.9 Å². The number of anilines is 1. The Balaban J connectivity index is 1.83. The molecule has 0 saturated carbocycles. The highest BCUT2D eigenvalue weighted by atomic mass is 16.5. The molecule has 0 spiro atoms. The van der Waals surface area contributed by atoms with Gasteiger partial charge in [0.2, 0.25) is 0 Å². The van der Waals surface area contributed by atoms with Crippen LogP contribution in [0.2, 0.25) is 0 Å². The SMILES string of the molecule is COCCC(C)N1CCN(c2ccc(CN)cn2)CC1. The zero-order valence-electron chi connectivity index (χ0n) is 12.6. The Hall–Kier alpha value is -1.17. The third-order valence-corrected chi connectivity index (χ3v) is 4.05. The minimum absolute atomic E-state index is 0.554. The van der Waals surface area contributed by atoms with Gasteiger partial charge in [0.15, 0.2) is 0 Å². The summed E-state index contributed by atoms with van der Waals surface area (Å²) in [5.74, 6) is 1.06. The van der Waals surface area contributed by atoms with Crippen molar-refractivity contribution >= 4 is 5.82 Å². The van der Waals surface area contributed by atoms with E-state index in [2.05, 4.69) is 33.8 Å². The van der Waals surface area contributed by atoms with E-state index in [1.165, 1.54) is 0 Å². The maximum Gasteiger partial charge on any atom is 0.128 e. The van der Waals surface area contributed by atoms with Crippen molar-refractivity contribution < 1.29 is 4.74 Å². The third-order valence-electron chi connectivity index (χ3n) is 4.05. The van der Waals surface area contributed by atoms with E-state index in [0.717, 1.165) is 50.6 Å². The summed E-state index contributed by atoms with van der Waals surface area (Å²) in [4.78, 5) is 9.38. The topological polar surface area (TPSA) is 54.6 Å². The minimum Gasteiger partial charge on any atom is -0.385 e. The third kappa shape index (κ3) is 3.91. The smallest absolute Gasteiger partial charge is 0.128 e. The number of aromatic nitrogens is 1.